The van der Waals surface area contributed by atoms with E-state index in [9.17, 15) is 8.42 Å². The van der Waals surface area contributed by atoms with Gasteiger partial charge in [0.05, 0.1) is 5.75 Å². The van der Waals surface area contributed by atoms with Gasteiger partial charge in [-0.2, -0.15) is 0 Å². The lowest BCUT2D eigenvalue weighted by Gasteiger charge is -2.15. The van der Waals surface area contributed by atoms with E-state index in [1.54, 1.807) is 0 Å². The van der Waals surface area contributed by atoms with Crippen molar-refractivity contribution in [1.29, 1.82) is 0 Å². The van der Waals surface area contributed by atoms with E-state index >= 15 is 0 Å². The zero-order chi connectivity index (χ0) is 12.9. The number of nitrogens with two attached hydrogens (primary N) is 1. The quantitative estimate of drug-likeness (QED) is 0.839. The first-order valence-corrected chi connectivity index (χ1v) is 7.90. The van der Waals surface area contributed by atoms with Crippen LogP contribution >= 0.6 is 0 Å². The molecular weight excluding hydrogens is 234 g/mol. The van der Waals surface area contributed by atoms with Crippen molar-refractivity contribution in [1.82, 2.24) is 0 Å². The topological polar surface area (TPSA) is 60.2 Å². The highest BCUT2D eigenvalue weighted by atomic mass is 32.2. The van der Waals surface area contributed by atoms with Crippen LogP contribution in [-0.4, -0.2) is 27.0 Å². The Labute approximate surface area is 104 Å². The van der Waals surface area contributed by atoms with Crippen LogP contribution in [0.3, 0.4) is 0 Å². The van der Waals surface area contributed by atoms with Gasteiger partial charge < -0.3 is 5.73 Å². The summed E-state index contributed by atoms with van der Waals surface area (Å²) in [5, 5.41) is 0. The van der Waals surface area contributed by atoms with Crippen molar-refractivity contribution in [2.24, 2.45) is 11.7 Å². The van der Waals surface area contributed by atoms with Gasteiger partial charge in [-0.3, -0.25) is 0 Å². The molecule has 0 saturated heterocycles. The molecule has 1 aromatic carbocycles. The van der Waals surface area contributed by atoms with Crippen molar-refractivity contribution < 1.29 is 8.42 Å². The average molecular weight is 255 g/mol. The van der Waals surface area contributed by atoms with Gasteiger partial charge in [-0.15, -0.1) is 0 Å². The van der Waals surface area contributed by atoms with Gasteiger partial charge in [0.15, 0.2) is 0 Å². The van der Waals surface area contributed by atoms with Crippen LogP contribution in [0.4, 0.5) is 0 Å². The average Bonchev–Trinajstić information content (AvgIpc) is 2.25. The van der Waals surface area contributed by atoms with Gasteiger partial charge >= 0.3 is 0 Å². The Kier molecular flexibility index (Phi) is 5.15. The first-order chi connectivity index (χ1) is 7.92. The zero-order valence-electron chi connectivity index (χ0n) is 10.5. The Bertz CT molecular complexity index is 454. The molecule has 0 aliphatic carbocycles. The van der Waals surface area contributed by atoms with E-state index in [0.717, 1.165) is 6.42 Å². The van der Waals surface area contributed by atoms with Gasteiger partial charge in [-0.1, -0.05) is 24.3 Å². The molecule has 0 amide bonds. The van der Waals surface area contributed by atoms with Crippen molar-refractivity contribution in [2.45, 2.75) is 19.8 Å². The Morgan fingerprint density at radius 3 is 2.47 bits per heavy atom. The summed E-state index contributed by atoms with van der Waals surface area (Å²) in [5.74, 6) is 0.464. The summed E-state index contributed by atoms with van der Waals surface area (Å²) < 4.78 is 22.3. The molecule has 0 heterocycles. The minimum absolute atomic E-state index is 0.223. The highest BCUT2D eigenvalue weighted by molar-refractivity contribution is 7.90. The maximum Gasteiger partial charge on any atom is 0.147 e. The molecule has 1 atom stereocenters. The van der Waals surface area contributed by atoms with E-state index < -0.39 is 9.84 Å². The number of hydrogen-bond donors (Lipinski definition) is 1. The molecule has 96 valence electrons. The van der Waals surface area contributed by atoms with Crippen LogP contribution in [0.5, 0.6) is 0 Å². The highest BCUT2D eigenvalue weighted by Gasteiger charge is 2.12. The van der Waals surface area contributed by atoms with Gasteiger partial charge in [0.2, 0.25) is 0 Å². The summed E-state index contributed by atoms with van der Waals surface area (Å²) in [6.45, 7) is 2.60. The van der Waals surface area contributed by atoms with E-state index in [1.165, 1.54) is 17.4 Å². The number of aryl methyl sites for hydroxylation is 1. The molecule has 0 radical (unpaired) electrons. The number of benzene rings is 1. The molecule has 0 bridgehead atoms. The fourth-order valence-corrected chi connectivity index (χ4v) is 2.60. The van der Waals surface area contributed by atoms with Crippen LogP contribution in [-0.2, 0) is 16.3 Å². The van der Waals surface area contributed by atoms with Gasteiger partial charge in [0, 0.05) is 6.26 Å². The van der Waals surface area contributed by atoms with E-state index in [2.05, 4.69) is 19.1 Å². The summed E-state index contributed by atoms with van der Waals surface area (Å²) in [7, 11) is -2.89. The van der Waals surface area contributed by atoms with Gasteiger partial charge in [0.1, 0.15) is 9.84 Å². The highest BCUT2D eigenvalue weighted by Crippen LogP contribution is 2.15. The molecule has 1 rings (SSSR count). The molecule has 4 heteroatoms. The van der Waals surface area contributed by atoms with Crippen molar-refractivity contribution >= 4 is 9.84 Å². The van der Waals surface area contributed by atoms with E-state index in [0.29, 0.717) is 13.0 Å². The van der Waals surface area contributed by atoms with Crippen molar-refractivity contribution in [2.75, 3.05) is 18.6 Å². The fourth-order valence-electron chi connectivity index (χ4n) is 1.83. The van der Waals surface area contributed by atoms with Gasteiger partial charge in [-0.25, -0.2) is 8.42 Å². The molecule has 1 unspecified atom stereocenters. The second-order valence-corrected chi connectivity index (χ2v) is 6.91. The lowest BCUT2D eigenvalue weighted by atomic mass is 9.94. The molecule has 0 fully saturated rings. The number of rotatable bonds is 6. The Morgan fingerprint density at radius 1 is 1.29 bits per heavy atom. The molecule has 0 saturated carbocycles. The Hall–Kier alpha value is -0.870. The third-order valence-corrected chi connectivity index (χ3v) is 3.98. The summed E-state index contributed by atoms with van der Waals surface area (Å²) in [6, 6.07) is 8.16. The van der Waals surface area contributed by atoms with Crippen LogP contribution in [0.2, 0.25) is 0 Å². The minimum atomic E-state index is -2.89. The van der Waals surface area contributed by atoms with E-state index in [1.807, 2.05) is 12.1 Å². The summed E-state index contributed by atoms with van der Waals surface area (Å²) in [5.41, 5.74) is 8.21. The molecule has 0 aliphatic rings. The molecule has 0 aromatic heterocycles. The normalized spacial score (nSPS) is 13.6. The third-order valence-electron chi connectivity index (χ3n) is 3.00. The minimum Gasteiger partial charge on any atom is -0.330 e. The Morgan fingerprint density at radius 2 is 1.94 bits per heavy atom. The Balaban J connectivity index is 2.61. The van der Waals surface area contributed by atoms with Gasteiger partial charge in [-0.05, 0) is 43.4 Å². The molecular formula is C13H21NO2S. The van der Waals surface area contributed by atoms with Gasteiger partial charge in [0.25, 0.3) is 0 Å². The van der Waals surface area contributed by atoms with Crippen LogP contribution < -0.4 is 5.73 Å². The second-order valence-electron chi connectivity index (χ2n) is 4.65. The van der Waals surface area contributed by atoms with E-state index in [4.69, 9.17) is 5.73 Å². The van der Waals surface area contributed by atoms with Crippen molar-refractivity contribution in [3.63, 3.8) is 0 Å². The molecule has 17 heavy (non-hydrogen) atoms. The summed E-state index contributed by atoms with van der Waals surface area (Å²) in [6.07, 6.45) is 2.77. The fraction of sp³-hybridized carbons (Fsp3) is 0.538. The maximum atomic E-state index is 11.1. The molecule has 1 aromatic rings. The van der Waals surface area contributed by atoms with Crippen molar-refractivity contribution in [3.05, 3.63) is 35.4 Å². The first-order valence-electron chi connectivity index (χ1n) is 5.84. The van der Waals surface area contributed by atoms with Crippen LogP contribution in [0.15, 0.2) is 24.3 Å². The molecule has 3 nitrogen and oxygen atoms in total. The SMILES string of the molecule is Cc1ccccc1CC(CN)CCS(C)(=O)=O. The van der Waals surface area contributed by atoms with E-state index in [-0.39, 0.29) is 11.7 Å². The molecule has 2 N–H and O–H groups in total. The standard InChI is InChI=1S/C13H21NO2S/c1-11-5-3-4-6-13(11)9-12(10-14)7-8-17(2,15)16/h3-6,12H,7-10,14H2,1-2H3. The molecule has 0 aliphatic heterocycles. The first kappa shape index (κ1) is 14.2. The zero-order valence-corrected chi connectivity index (χ0v) is 11.3. The summed E-state index contributed by atoms with van der Waals surface area (Å²) in [4.78, 5) is 0. The molecule has 0 spiro atoms. The third kappa shape index (κ3) is 5.33. The number of sulfone groups is 1. The van der Waals surface area contributed by atoms with Crippen molar-refractivity contribution in [3.8, 4) is 0 Å². The maximum absolute atomic E-state index is 11.1. The predicted octanol–water partition coefficient (Wildman–Crippen LogP) is 1.55. The predicted molar refractivity (Wildman–Crippen MR) is 71.8 cm³/mol. The summed E-state index contributed by atoms with van der Waals surface area (Å²) >= 11 is 0. The lowest BCUT2D eigenvalue weighted by molar-refractivity contribution is 0.511. The van der Waals surface area contributed by atoms with Crippen LogP contribution in [0.1, 0.15) is 17.5 Å². The second kappa shape index (κ2) is 6.17. The van der Waals surface area contributed by atoms with Crippen LogP contribution in [0, 0.1) is 12.8 Å². The lowest BCUT2D eigenvalue weighted by Crippen LogP contribution is -2.20. The number of hydrogen-bond acceptors (Lipinski definition) is 3. The smallest absolute Gasteiger partial charge is 0.147 e. The van der Waals surface area contributed by atoms with Crippen LogP contribution in [0.25, 0.3) is 0 Å². The monoisotopic (exact) mass is 255 g/mol. The largest absolute Gasteiger partial charge is 0.330 e.